The van der Waals surface area contributed by atoms with E-state index < -0.39 is 29.0 Å². The van der Waals surface area contributed by atoms with Gasteiger partial charge in [-0.05, 0) is 36.3 Å². The Hall–Kier alpha value is -3.09. The summed E-state index contributed by atoms with van der Waals surface area (Å²) in [5, 5.41) is 20.3. The molecule has 1 saturated heterocycles. The summed E-state index contributed by atoms with van der Waals surface area (Å²) in [5.41, 5.74) is 0.735. The van der Waals surface area contributed by atoms with Crippen molar-refractivity contribution in [2.45, 2.75) is 116 Å². The minimum Gasteiger partial charge on any atom is -0.475 e. The Kier molecular flexibility index (Phi) is 11.2. The Morgan fingerprint density at radius 2 is 1.68 bits per heavy atom. The molecule has 1 aliphatic rings. The number of nitriles is 2. The van der Waals surface area contributed by atoms with Crippen molar-refractivity contribution < 1.29 is 27.9 Å². The molecule has 0 aliphatic carbocycles. The van der Waals surface area contributed by atoms with Gasteiger partial charge in [-0.3, -0.25) is 9.88 Å². The minimum absolute atomic E-state index is 0.00291. The van der Waals surface area contributed by atoms with Gasteiger partial charge in [0.05, 0.1) is 44.0 Å². The minimum atomic E-state index is -2.16. The first-order valence-electron chi connectivity index (χ1n) is 14.9. The van der Waals surface area contributed by atoms with Crippen LogP contribution in [0.3, 0.4) is 0 Å². The maximum Gasteiger partial charge on any atom is 0.414 e. The predicted molar refractivity (Wildman–Crippen MR) is 170 cm³/mol. The van der Waals surface area contributed by atoms with Gasteiger partial charge < -0.3 is 23.1 Å². The molecule has 2 aromatic rings. The molecule has 0 aromatic carbocycles. The fourth-order valence-electron chi connectivity index (χ4n) is 3.98. The van der Waals surface area contributed by atoms with Crippen LogP contribution in [0.2, 0.25) is 36.3 Å². The topological polar surface area (TPSA) is 166 Å². The van der Waals surface area contributed by atoms with Gasteiger partial charge in [-0.1, -0.05) is 41.5 Å². The third kappa shape index (κ3) is 8.54. The van der Waals surface area contributed by atoms with E-state index in [1.807, 2.05) is 12.1 Å². The smallest absolute Gasteiger partial charge is 0.414 e. The quantitative estimate of drug-likeness (QED) is 0.204. The first-order valence-corrected chi connectivity index (χ1v) is 20.7. The number of fused-ring (bicyclic) bond motifs is 1. The van der Waals surface area contributed by atoms with Crippen LogP contribution in [-0.4, -0.2) is 74.3 Å². The number of anilines is 1. The molecule has 15 heteroatoms. The Labute approximate surface area is 262 Å². The molecule has 3 heterocycles. The summed E-state index contributed by atoms with van der Waals surface area (Å²) in [4.78, 5) is 25.7. The van der Waals surface area contributed by atoms with Gasteiger partial charge in [-0.25, -0.2) is 9.78 Å². The first kappa shape index (κ1) is 35.4. The van der Waals surface area contributed by atoms with Crippen LogP contribution in [0.25, 0.3) is 11.2 Å². The maximum atomic E-state index is 12.3. The van der Waals surface area contributed by atoms with E-state index in [9.17, 15) is 4.79 Å². The van der Waals surface area contributed by atoms with Crippen LogP contribution in [0.15, 0.2) is 6.33 Å². The molecule has 2 aromatic heterocycles. The van der Waals surface area contributed by atoms with E-state index in [1.54, 1.807) is 10.9 Å². The number of carbonyl (C=O) groups excluding carboxylic acids is 1. The van der Waals surface area contributed by atoms with E-state index >= 15 is 0 Å². The van der Waals surface area contributed by atoms with Crippen molar-refractivity contribution in [3.63, 3.8) is 0 Å². The van der Waals surface area contributed by atoms with Crippen LogP contribution < -0.4 is 10.1 Å². The number of ether oxygens (including phenoxy) is 3. The molecule has 0 bridgehead atoms. The maximum absolute atomic E-state index is 12.3. The van der Waals surface area contributed by atoms with Crippen LogP contribution in [0, 0.1) is 22.7 Å². The lowest BCUT2D eigenvalue weighted by atomic mass is 10.2. The number of carbonyl (C=O) groups is 1. The molecule has 1 aliphatic heterocycles. The van der Waals surface area contributed by atoms with Gasteiger partial charge in [0.2, 0.25) is 11.8 Å². The van der Waals surface area contributed by atoms with E-state index in [2.05, 4.69) is 88.0 Å². The van der Waals surface area contributed by atoms with Gasteiger partial charge >= 0.3 is 6.09 Å². The zero-order valence-electron chi connectivity index (χ0n) is 27.7. The molecule has 44 heavy (non-hydrogen) atoms. The average molecular weight is 646 g/mol. The standard InChI is InChI=1S/C29H47N7O6Si2/c1-28(2,3)43(7,8)40-18-21-20(42-44(9,10)29(4,5)6)17-22(41-21)36-19-32-23-24(36)33-26(34-25(23)38-15-11-13-30)35-27(37)39-16-12-14-31/h19-22H,11-12,15-18H2,1-10H3,(H,33,34,35,37)/t20-,21+,22+/m0/s1. The zero-order valence-corrected chi connectivity index (χ0v) is 29.7. The van der Waals surface area contributed by atoms with Gasteiger partial charge in [0.15, 0.2) is 27.8 Å². The number of rotatable bonds is 12. The molecule has 1 amide bonds. The monoisotopic (exact) mass is 645 g/mol. The van der Waals surface area contributed by atoms with Crippen molar-refractivity contribution in [2.24, 2.45) is 0 Å². The second-order valence-corrected chi connectivity index (χ2v) is 23.5. The van der Waals surface area contributed by atoms with Crippen LogP contribution in [-0.2, 0) is 18.3 Å². The van der Waals surface area contributed by atoms with Gasteiger partial charge in [0, 0.05) is 6.42 Å². The molecular formula is C29H47N7O6Si2. The first-order chi connectivity index (χ1) is 20.4. The number of imidazole rings is 1. The Bertz CT molecular complexity index is 1390. The lowest BCUT2D eigenvalue weighted by Crippen LogP contribution is -2.48. The number of aromatic nitrogens is 4. The zero-order chi connectivity index (χ0) is 32.9. The lowest BCUT2D eigenvalue weighted by Gasteiger charge is -2.40. The molecular weight excluding hydrogens is 599 g/mol. The highest BCUT2D eigenvalue weighted by Crippen LogP contribution is 2.43. The SMILES string of the molecule is CC(C)(C)[Si](C)(C)OC[C@H]1O[C@@H](n2cnc3c(OCCC#N)nc(NC(=O)OCCC#N)nc32)C[C@@H]1O[Si](C)(C)C(C)(C)C. The summed E-state index contributed by atoms with van der Waals surface area (Å²) < 4.78 is 32.7. The summed E-state index contributed by atoms with van der Waals surface area (Å²) in [6, 6.07) is 3.95. The number of nitrogens with one attached hydrogen (secondary N) is 1. The highest BCUT2D eigenvalue weighted by Gasteiger charge is 2.47. The summed E-state index contributed by atoms with van der Waals surface area (Å²) in [5.74, 6) is 0.0410. The van der Waals surface area contributed by atoms with Crippen molar-refractivity contribution in [3.8, 4) is 18.0 Å². The van der Waals surface area contributed by atoms with Gasteiger partial charge in [-0.15, -0.1) is 0 Å². The van der Waals surface area contributed by atoms with E-state index in [-0.39, 0.29) is 60.2 Å². The predicted octanol–water partition coefficient (Wildman–Crippen LogP) is 6.28. The van der Waals surface area contributed by atoms with Crippen molar-refractivity contribution in [1.82, 2.24) is 19.5 Å². The molecule has 3 atom stereocenters. The van der Waals surface area contributed by atoms with Crippen molar-refractivity contribution >= 4 is 39.8 Å². The molecule has 0 saturated carbocycles. The number of nitrogens with zero attached hydrogens (tertiary/aromatic N) is 6. The Balaban J connectivity index is 1.97. The number of hydrogen-bond acceptors (Lipinski definition) is 11. The van der Waals surface area contributed by atoms with E-state index in [0.717, 1.165) is 0 Å². The van der Waals surface area contributed by atoms with Crippen LogP contribution in [0.4, 0.5) is 10.7 Å². The second-order valence-electron chi connectivity index (χ2n) is 14.0. The molecule has 1 fully saturated rings. The molecule has 0 spiro atoms. The van der Waals surface area contributed by atoms with E-state index in [4.69, 9.17) is 33.6 Å². The summed E-state index contributed by atoms with van der Waals surface area (Å²) in [6.07, 6.45) is 0.509. The third-order valence-corrected chi connectivity index (χ3v) is 17.7. The molecule has 1 N–H and O–H groups in total. The van der Waals surface area contributed by atoms with E-state index in [0.29, 0.717) is 24.2 Å². The fraction of sp³-hybridized carbons (Fsp3) is 0.724. The number of hydrogen-bond donors (Lipinski definition) is 1. The van der Waals surface area contributed by atoms with Crippen LogP contribution >= 0.6 is 0 Å². The Morgan fingerprint density at radius 1 is 1.05 bits per heavy atom. The molecule has 3 rings (SSSR count). The van der Waals surface area contributed by atoms with Gasteiger partial charge in [-0.2, -0.15) is 20.5 Å². The summed E-state index contributed by atoms with van der Waals surface area (Å²) in [7, 11) is -4.22. The van der Waals surface area contributed by atoms with E-state index in [1.165, 1.54) is 0 Å². The Morgan fingerprint density at radius 3 is 2.30 bits per heavy atom. The third-order valence-electron chi connectivity index (χ3n) is 8.66. The van der Waals surface area contributed by atoms with Crippen molar-refractivity contribution in [3.05, 3.63) is 6.33 Å². The van der Waals surface area contributed by atoms with Crippen molar-refractivity contribution in [2.75, 3.05) is 25.1 Å². The molecule has 0 radical (unpaired) electrons. The summed E-state index contributed by atoms with van der Waals surface area (Å²) >= 11 is 0. The highest BCUT2D eigenvalue weighted by atomic mass is 28.4. The fourth-order valence-corrected chi connectivity index (χ4v) is 6.35. The molecule has 0 unspecified atom stereocenters. The van der Waals surface area contributed by atoms with Gasteiger partial charge in [0.25, 0.3) is 0 Å². The lowest BCUT2D eigenvalue weighted by molar-refractivity contribution is -0.0383. The highest BCUT2D eigenvalue weighted by molar-refractivity contribution is 6.74. The molecule has 242 valence electrons. The molecule has 13 nitrogen and oxygen atoms in total. The largest absolute Gasteiger partial charge is 0.475 e. The average Bonchev–Trinajstić information content (AvgIpc) is 3.50. The second kappa shape index (κ2) is 13.9. The summed E-state index contributed by atoms with van der Waals surface area (Å²) in [6.45, 7) is 22.6. The van der Waals surface area contributed by atoms with Gasteiger partial charge in [0.1, 0.15) is 25.5 Å². The van der Waals surface area contributed by atoms with Crippen LogP contribution in [0.5, 0.6) is 5.88 Å². The van der Waals surface area contributed by atoms with Crippen LogP contribution in [0.1, 0.15) is 67.0 Å². The normalized spacial score (nSPS) is 19.4. The number of amides is 1. The van der Waals surface area contributed by atoms with Crippen molar-refractivity contribution in [1.29, 1.82) is 10.5 Å².